The number of hydrogen-bond donors (Lipinski definition) is 0. The van der Waals surface area contributed by atoms with Gasteiger partial charge < -0.3 is 4.74 Å². The highest BCUT2D eigenvalue weighted by molar-refractivity contribution is 5.89. The zero-order valence-corrected chi connectivity index (χ0v) is 14.1. The van der Waals surface area contributed by atoms with Gasteiger partial charge in [-0.05, 0) is 45.0 Å². The number of unbranched alkanes of at least 4 members (excludes halogenated alkanes) is 4. The minimum Gasteiger partial charge on any atom is -0.459 e. The monoisotopic (exact) mass is 303 g/mol. The van der Waals surface area contributed by atoms with Crippen LogP contribution in [0.15, 0.2) is 35.3 Å². The molecule has 2 unspecified atom stereocenters. The Morgan fingerprint density at radius 2 is 1.91 bits per heavy atom. The van der Waals surface area contributed by atoms with Crippen LogP contribution in [0, 0.1) is 0 Å². The third kappa shape index (κ3) is 7.96. The van der Waals surface area contributed by atoms with Crippen LogP contribution in [0.25, 0.3) is 0 Å². The van der Waals surface area contributed by atoms with Crippen molar-refractivity contribution in [2.24, 2.45) is 4.99 Å². The molecule has 3 heteroatoms. The first kappa shape index (κ1) is 18.4. The second-order valence-electron chi connectivity index (χ2n) is 5.85. The van der Waals surface area contributed by atoms with Crippen molar-refractivity contribution >= 4 is 12.2 Å². The lowest BCUT2D eigenvalue weighted by Crippen LogP contribution is -2.19. The smallest absolute Gasteiger partial charge is 0.338 e. The number of carbonyl (C=O) groups is 1. The van der Waals surface area contributed by atoms with E-state index in [1.165, 1.54) is 25.7 Å². The number of esters is 1. The minimum atomic E-state index is -0.260. The fourth-order valence-corrected chi connectivity index (χ4v) is 2.33. The molecule has 0 aliphatic carbocycles. The lowest BCUT2D eigenvalue weighted by atomic mass is 10.1. The molecule has 22 heavy (non-hydrogen) atoms. The maximum atomic E-state index is 11.9. The topological polar surface area (TPSA) is 38.7 Å². The van der Waals surface area contributed by atoms with Gasteiger partial charge in [-0.15, -0.1) is 0 Å². The second kappa shape index (κ2) is 11.0. The average molecular weight is 303 g/mol. The van der Waals surface area contributed by atoms with Crippen molar-refractivity contribution in [2.45, 2.75) is 71.4 Å². The van der Waals surface area contributed by atoms with Gasteiger partial charge in [0, 0.05) is 6.42 Å². The summed E-state index contributed by atoms with van der Waals surface area (Å²) in [5.74, 6) is -0.260. The van der Waals surface area contributed by atoms with Crippen LogP contribution in [0.1, 0.15) is 69.7 Å². The van der Waals surface area contributed by atoms with Crippen LogP contribution >= 0.6 is 0 Å². The van der Waals surface area contributed by atoms with Gasteiger partial charge >= 0.3 is 5.97 Å². The largest absolute Gasteiger partial charge is 0.459 e. The summed E-state index contributed by atoms with van der Waals surface area (Å²) in [4.78, 5) is 16.5. The van der Waals surface area contributed by atoms with E-state index in [9.17, 15) is 4.79 Å². The van der Waals surface area contributed by atoms with Gasteiger partial charge in [-0.2, -0.15) is 0 Å². The molecule has 0 aliphatic rings. The van der Waals surface area contributed by atoms with Gasteiger partial charge in [0.25, 0.3) is 0 Å². The summed E-state index contributed by atoms with van der Waals surface area (Å²) in [6, 6.07) is 9.29. The summed E-state index contributed by atoms with van der Waals surface area (Å²) in [7, 11) is 0. The third-order valence-corrected chi connectivity index (χ3v) is 3.54. The van der Waals surface area contributed by atoms with E-state index in [1.54, 1.807) is 12.1 Å². The molecule has 0 aliphatic heterocycles. The highest BCUT2D eigenvalue weighted by Crippen LogP contribution is 2.10. The number of hydrogen-bond acceptors (Lipinski definition) is 3. The Hall–Kier alpha value is -1.64. The van der Waals surface area contributed by atoms with E-state index in [0.29, 0.717) is 5.56 Å². The molecule has 0 saturated carbocycles. The second-order valence-corrected chi connectivity index (χ2v) is 5.85. The van der Waals surface area contributed by atoms with Gasteiger partial charge in [0.05, 0.1) is 11.6 Å². The quantitative estimate of drug-likeness (QED) is 0.344. The standard InChI is InChI=1S/C19H29NO2/c1-4-5-6-7-11-14-20-16(2)15-17(3)22-19(21)18-12-9-8-10-13-18/h8-10,12-14,16-17H,4-7,11,15H2,1-3H3. The Kier molecular flexibility index (Phi) is 9.20. The normalized spacial score (nSPS) is 14.0. The highest BCUT2D eigenvalue weighted by atomic mass is 16.5. The van der Waals surface area contributed by atoms with Gasteiger partial charge in [-0.3, -0.25) is 4.99 Å². The Morgan fingerprint density at radius 1 is 1.18 bits per heavy atom. The van der Waals surface area contributed by atoms with Crippen LogP contribution < -0.4 is 0 Å². The Bertz CT molecular complexity index is 442. The first-order chi connectivity index (χ1) is 10.6. The van der Waals surface area contributed by atoms with Crippen molar-refractivity contribution in [2.75, 3.05) is 0 Å². The Labute approximate surface area is 134 Å². The van der Waals surface area contributed by atoms with E-state index < -0.39 is 0 Å². The van der Waals surface area contributed by atoms with Crippen molar-refractivity contribution in [1.29, 1.82) is 0 Å². The van der Waals surface area contributed by atoms with Crippen LogP contribution in [0.2, 0.25) is 0 Å². The van der Waals surface area contributed by atoms with E-state index in [0.717, 1.165) is 12.8 Å². The minimum absolute atomic E-state index is 0.125. The maximum absolute atomic E-state index is 11.9. The number of nitrogens with zero attached hydrogens (tertiary/aromatic N) is 1. The summed E-state index contributed by atoms with van der Waals surface area (Å²) in [6.45, 7) is 6.21. The molecule has 2 atom stereocenters. The molecule has 1 rings (SSSR count). The molecule has 3 nitrogen and oxygen atoms in total. The molecule has 1 aromatic carbocycles. The number of aliphatic imine (C=N–C) groups is 1. The molecule has 0 radical (unpaired) electrons. The van der Waals surface area contributed by atoms with E-state index in [-0.39, 0.29) is 18.1 Å². The van der Waals surface area contributed by atoms with Gasteiger partial charge in [-0.1, -0.05) is 44.4 Å². The first-order valence-electron chi connectivity index (χ1n) is 8.41. The van der Waals surface area contributed by atoms with Crippen LogP contribution in [0.3, 0.4) is 0 Å². The van der Waals surface area contributed by atoms with Gasteiger partial charge in [0.15, 0.2) is 0 Å². The van der Waals surface area contributed by atoms with Crippen LogP contribution in [-0.2, 0) is 4.74 Å². The molecule has 0 heterocycles. The predicted molar refractivity (Wildman–Crippen MR) is 92.6 cm³/mol. The van der Waals surface area contributed by atoms with E-state index in [2.05, 4.69) is 18.8 Å². The maximum Gasteiger partial charge on any atom is 0.338 e. The first-order valence-corrected chi connectivity index (χ1v) is 8.41. The van der Waals surface area contributed by atoms with E-state index in [1.807, 2.05) is 31.3 Å². The van der Waals surface area contributed by atoms with Gasteiger partial charge in [0.1, 0.15) is 6.10 Å². The zero-order chi connectivity index (χ0) is 16.2. The van der Waals surface area contributed by atoms with Gasteiger partial charge in [0.2, 0.25) is 0 Å². The molecule has 1 aromatic rings. The summed E-state index contributed by atoms with van der Waals surface area (Å²) in [6.07, 6.45) is 8.75. The molecule has 0 aromatic heterocycles. The highest BCUT2D eigenvalue weighted by Gasteiger charge is 2.13. The van der Waals surface area contributed by atoms with Crippen LogP contribution in [-0.4, -0.2) is 24.3 Å². The fourth-order valence-electron chi connectivity index (χ4n) is 2.33. The predicted octanol–water partition coefficient (Wildman–Crippen LogP) is 5.05. The average Bonchev–Trinajstić information content (AvgIpc) is 2.51. The number of benzene rings is 1. The number of rotatable bonds is 10. The Morgan fingerprint density at radius 3 is 2.59 bits per heavy atom. The molecule has 122 valence electrons. The summed E-state index contributed by atoms with van der Waals surface area (Å²) in [5, 5.41) is 0. The SMILES string of the molecule is CCCCCCC=NC(C)CC(C)OC(=O)c1ccccc1. The third-order valence-electron chi connectivity index (χ3n) is 3.54. The molecular formula is C19H29NO2. The molecular weight excluding hydrogens is 274 g/mol. The molecule has 0 amide bonds. The molecule has 0 bridgehead atoms. The van der Waals surface area contributed by atoms with Crippen molar-refractivity contribution in [3.05, 3.63) is 35.9 Å². The number of ether oxygens (including phenoxy) is 1. The molecule has 0 spiro atoms. The fraction of sp³-hybridized carbons (Fsp3) is 0.579. The molecule has 0 N–H and O–H groups in total. The van der Waals surface area contributed by atoms with Crippen molar-refractivity contribution in [3.63, 3.8) is 0 Å². The van der Waals surface area contributed by atoms with Crippen LogP contribution in [0.4, 0.5) is 0 Å². The lowest BCUT2D eigenvalue weighted by molar-refractivity contribution is 0.0315. The van der Waals surface area contributed by atoms with Crippen LogP contribution in [0.5, 0.6) is 0 Å². The summed E-state index contributed by atoms with van der Waals surface area (Å²) >= 11 is 0. The molecule has 0 fully saturated rings. The van der Waals surface area contributed by atoms with E-state index >= 15 is 0 Å². The summed E-state index contributed by atoms with van der Waals surface area (Å²) < 4.78 is 5.45. The Balaban J connectivity index is 2.24. The van der Waals surface area contributed by atoms with Gasteiger partial charge in [-0.25, -0.2) is 4.79 Å². The van der Waals surface area contributed by atoms with Crippen molar-refractivity contribution in [1.82, 2.24) is 0 Å². The molecule has 0 saturated heterocycles. The van der Waals surface area contributed by atoms with Crippen molar-refractivity contribution < 1.29 is 9.53 Å². The zero-order valence-electron chi connectivity index (χ0n) is 14.1. The summed E-state index contributed by atoms with van der Waals surface area (Å²) in [5.41, 5.74) is 0.599. The lowest BCUT2D eigenvalue weighted by Gasteiger charge is -2.15. The number of carbonyl (C=O) groups excluding carboxylic acids is 1. The van der Waals surface area contributed by atoms with Crippen molar-refractivity contribution in [3.8, 4) is 0 Å². The van der Waals surface area contributed by atoms with E-state index in [4.69, 9.17) is 4.74 Å².